The van der Waals surface area contributed by atoms with Gasteiger partial charge in [-0.25, -0.2) is 13.2 Å². The molecule has 1 rings (SSSR count). The van der Waals surface area contributed by atoms with E-state index in [0.717, 1.165) is 0 Å². The van der Waals surface area contributed by atoms with Crippen LogP contribution in [-0.4, -0.2) is 61.6 Å². The largest absolute Gasteiger partial charge is 0.481 e. The van der Waals surface area contributed by atoms with Crippen molar-refractivity contribution in [1.29, 1.82) is 0 Å². The van der Waals surface area contributed by atoms with Crippen molar-refractivity contribution in [3.8, 4) is 0 Å². The van der Waals surface area contributed by atoms with Gasteiger partial charge in [-0.05, 0) is 5.92 Å². The molecule has 7 nitrogen and oxygen atoms in total. The smallest absolute Gasteiger partial charge is 0.317 e. The van der Waals surface area contributed by atoms with Gasteiger partial charge in [0.2, 0.25) is 0 Å². The molecule has 1 aliphatic rings. The number of likely N-dealkylation sites (tertiary alicyclic amines) is 1. The molecule has 0 bridgehead atoms. The van der Waals surface area contributed by atoms with Gasteiger partial charge in [-0.15, -0.1) is 0 Å². The molecule has 2 N–H and O–H groups in total. The summed E-state index contributed by atoms with van der Waals surface area (Å²) in [6.45, 7) is 3.94. The van der Waals surface area contributed by atoms with E-state index in [4.69, 9.17) is 5.11 Å². The second-order valence-electron chi connectivity index (χ2n) is 4.80. The van der Waals surface area contributed by atoms with Crippen LogP contribution in [0.15, 0.2) is 0 Å². The van der Waals surface area contributed by atoms with Crippen LogP contribution in [0.2, 0.25) is 0 Å². The summed E-state index contributed by atoms with van der Waals surface area (Å²) in [6.07, 6.45) is 0. The Morgan fingerprint density at radius 2 is 2.00 bits per heavy atom. The first-order chi connectivity index (χ1) is 8.76. The Bertz CT molecular complexity index is 448. The highest BCUT2D eigenvalue weighted by Crippen LogP contribution is 2.22. The number of rotatable bonds is 5. The van der Waals surface area contributed by atoms with Crippen molar-refractivity contribution in [2.24, 2.45) is 11.8 Å². The molecule has 0 spiro atoms. The lowest BCUT2D eigenvalue weighted by molar-refractivity contribution is -0.142. The zero-order chi connectivity index (χ0) is 14.6. The van der Waals surface area contributed by atoms with Crippen molar-refractivity contribution in [3.63, 3.8) is 0 Å². The second kappa shape index (κ2) is 6.23. The number of carboxylic acid groups (broad SMARTS) is 1. The zero-order valence-electron chi connectivity index (χ0n) is 11.1. The fourth-order valence-electron chi connectivity index (χ4n) is 2.02. The molecule has 2 atom stereocenters. The number of carbonyl (C=O) groups excluding carboxylic acids is 1. The van der Waals surface area contributed by atoms with Gasteiger partial charge in [0.1, 0.15) is 0 Å². The minimum Gasteiger partial charge on any atom is -0.481 e. The van der Waals surface area contributed by atoms with Crippen LogP contribution in [-0.2, 0) is 14.6 Å². The van der Waals surface area contributed by atoms with E-state index in [-0.39, 0.29) is 30.5 Å². The molecule has 1 aliphatic heterocycles. The van der Waals surface area contributed by atoms with Crippen LogP contribution < -0.4 is 5.32 Å². The fraction of sp³-hybridized carbons (Fsp3) is 0.818. The highest BCUT2D eigenvalue weighted by Gasteiger charge is 2.36. The predicted octanol–water partition coefficient (Wildman–Crippen LogP) is -0.217. The van der Waals surface area contributed by atoms with E-state index in [1.807, 2.05) is 0 Å². The maximum atomic E-state index is 11.8. The monoisotopic (exact) mass is 292 g/mol. The molecule has 1 fully saturated rings. The molecule has 1 heterocycles. The number of urea groups is 1. The number of nitrogens with zero attached hydrogens (tertiary/aromatic N) is 1. The normalized spacial score (nSPS) is 23.4. The lowest BCUT2D eigenvalue weighted by atomic mass is 9.99. The summed E-state index contributed by atoms with van der Waals surface area (Å²) in [4.78, 5) is 24.1. The maximum Gasteiger partial charge on any atom is 0.317 e. The van der Waals surface area contributed by atoms with Crippen molar-refractivity contribution >= 4 is 21.8 Å². The van der Waals surface area contributed by atoms with Gasteiger partial charge in [0.25, 0.3) is 0 Å². The third-order valence-corrected chi connectivity index (χ3v) is 5.05. The number of nitrogens with one attached hydrogen (secondary N) is 1. The molecule has 0 saturated carbocycles. The van der Waals surface area contributed by atoms with Crippen molar-refractivity contribution in [3.05, 3.63) is 0 Å². The van der Waals surface area contributed by atoms with E-state index < -0.39 is 27.8 Å². The van der Waals surface area contributed by atoms with Crippen LogP contribution in [0.25, 0.3) is 0 Å². The fourth-order valence-corrected chi connectivity index (χ4v) is 2.73. The highest BCUT2D eigenvalue weighted by molar-refractivity contribution is 7.91. The molecule has 0 radical (unpaired) electrons. The maximum absolute atomic E-state index is 11.8. The van der Waals surface area contributed by atoms with Crippen LogP contribution >= 0.6 is 0 Å². The molecule has 1 saturated heterocycles. The van der Waals surface area contributed by atoms with Gasteiger partial charge in [-0.1, -0.05) is 13.8 Å². The Balaban J connectivity index is 2.42. The molecule has 19 heavy (non-hydrogen) atoms. The van der Waals surface area contributed by atoms with Crippen LogP contribution in [0.1, 0.15) is 13.8 Å². The molecular formula is C11H20N2O5S. The van der Waals surface area contributed by atoms with E-state index in [2.05, 4.69) is 5.32 Å². The third-order valence-electron chi connectivity index (χ3n) is 3.35. The molecule has 0 aliphatic carbocycles. The highest BCUT2D eigenvalue weighted by atomic mass is 32.2. The summed E-state index contributed by atoms with van der Waals surface area (Å²) in [5.74, 6) is -1.60. The third kappa shape index (κ3) is 4.38. The summed E-state index contributed by atoms with van der Waals surface area (Å²) in [5, 5.41) is 11.5. The average molecular weight is 292 g/mol. The van der Waals surface area contributed by atoms with E-state index in [0.29, 0.717) is 6.54 Å². The quantitative estimate of drug-likeness (QED) is 0.729. The molecule has 0 aromatic rings. The lowest BCUT2D eigenvalue weighted by Crippen LogP contribution is -2.41. The molecule has 0 aromatic carbocycles. The van der Waals surface area contributed by atoms with Crippen LogP contribution in [0, 0.1) is 11.8 Å². The predicted molar refractivity (Wildman–Crippen MR) is 69.6 cm³/mol. The molecule has 2 amide bonds. The summed E-state index contributed by atoms with van der Waals surface area (Å²) in [5.41, 5.74) is 0. The second-order valence-corrected chi connectivity index (χ2v) is 7.27. The van der Waals surface area contributed by atoms with Gasteiger partial charge in [-0.2, -0.15) is 0 Å². The van der Waals surface area contributed by atoms with Gasteiger partial charge in [0.15, 0.2) is 9.84 Å². The standard InChI is InChI=1S/C11H20N2O5S/c1-3-19(17,18)5-4-12-11(16)13-6-8(2)9(7-13)10(14)15/h8-9H,3-7H2,1-2H3,(H,12,16)(H,14,15)/t8-,9-/m1/s1. The Morgan fingerprint density at radius 1 is 1.37 bits per heavy atom. The molecule has 110 valence electrons. The van der Waals surface area contributed by atoms with Crippen LogP contribution in [0.5, 0.6) is 0 Å². The minimum atomic E-state index is -3.10. The zero-order valence-corrected chi connectivity index (χ0v) is 11.9. The number of carbonyl (C=O) groups is 2. The lowest BCUT2D eigenvalue weighted by Gasteiger charge is -2.16. The van der Waals surface area contributed by atoms with Gasteiger partial charge in [0.05, 0.1) is 11.7 Å². The summed E-state index contributed by atoms with van der Waals surface area (Å²) in [6, 6.07) is -0.401. The van der Waals surface area contributed by atoms with Crippen molar-refractivity contribution in [2.75, 3.05) is 31.1 Å². The van der Waals surface area contributed by atoms with Crippen molar-refractivity contribution < 1.29 is 23.1 Å². The van der Waals surface area contributed by atoms with Crippen molar-refractivity contribution in [2.45, 2.75) is 13.8 Å². The number of carboxylic acids is 1. The average Bonchev–Trinajstić information content (AvgIpc) is 2.71. The van der Waals surface area contributed by atoms with Crippen molar-refractivity contribution in [1.82, 2.24) is 10.2 Å². The number of hydrogen-bond donors (Lipinski definition) is 2. The number of hydrogen-bond acceptors (Lipinski definition) is 4. The Morgan fingerprint density at radius 3 is 2.47 bits per heavy atom. The van der Waals surface area contributed by atoms with Gasteiger partial charge < -0.3 is 15.3 Å². The minimum absolute atomic E-state index is 0.0463. The Hall–Kier alpha value is -1.31. The first-order valence-corrected chi connectivity index (χ1v) is 8.05. The summed E-state index contributed by atoms with van der Waals surface area (Å²) in [7, 11) is -3.10. The first kappa shape index (κ1) is 15.7. The molecule has 0 unspecified atom stereocenters. The van der Waals surface area contributed by atoms with E-state index in [1.165, 1.54) is 4.90 Å². The molecule has 0 aromatic heterocycles. The number of aliphatic carboxylic acids is 1. The van der Waals surface area contributed by atoms with Crippen LogP contribution in [0.3, 0.4) is 0 Å². The topological polar surface area (TPSA) is 104 Å². The van der Waals surface area contributed by atoms with Crippen LogP contribution in [0.4, 0.5) is 4.79 Å². The summed E-state index contributed by atoms with van der Waals surface area (Å²) >= 11 is 0. The molecular weight excluding hydrogens is 272 g/mol. The Labute approximate surface area is 112 Å². The number of sulfone groups is 1. The summed E-state index contributed by atoms with van der Waals surface area (Å²) < 4.78 is 22.5. The molecule has 8 heteroatoms. The number of amides is 2. The first-order valence-electron chi connectivity index (χ1n) is 6.23. The van der Waals surface area contributed by atoms with Gasteiger partial charge in [-0.3, -0.25) is 4.79 Å². The van der Waals surface area contributed by atoms with Gasteiger partial charge in [0, 0.05) is 25.4 Å². The van der Waals surface area contributed by atoms with Gasteiger partial charge >= 0.3 is 12.0 Å². The SMILES string of the molecule is CCS(=O)(=O)CCNC(=O)N1C[C@@H](C)[C@H](C(=O)O)C1. The Kier molecular flexibility index (Phi) is 5.16. The van der Waals surface area contributed by atoms with E-state index in [1.54, 1.807) is 13.8 Å². The van der Waals surface area contributed by atoms with E-state index in [9.17, 15) is 18.0 Å². The van der Waals surface area contributed by atoms with E-state index >= 15 is 0 Å².